The van der Waals surface area contributed by atoms with Crippen molar-refractivity contribution in [3.8, 4) is 11.3 Å². The van der Waals surface area contributed by atoms with Gasteiger partial charge in [-0.15, -0.1) is 0 Å². The van der Waals surface area contributed by atoms with Crippen LogP contribution in [0.5, 0.6) is 0 Å². The van der Waals surface area contributed by atoms with E-state index in [1.165, 1.54) is 0 Å². The molecule has 9 heteroatoms. The van der Waals surface area contributed by atoms with Gasteiger partial charge in [-0.3, -0.25) is 5.10 Å². The summed E-state index contributed by atoms with van der Waals surface area (Å²) in [6.07, 6.45) is 5.95. The standard InChI is InChI=1S/C21H27N7O2/c1-21(2)13-29-8-7-26(21)19-9-18(27-14-3-4-15(27)12-30-11-14)24-20-16(10-23-28(19)20)17-5-6-22-25-17/h5-6,9-10,14-15H,3-4,7-8,11-13H2,1-2H3,(H,22,25). The first kappa shape index (κ1) is 18.1. The van der Waals surface area contributed by atoms with Gasteiger partial charge in [0.15, 0.2) is 5.65 Å². The second-order valence-electron chi connectivity index (χ2n) is 9.08. The Labute approximate surface area is 175 Å². The monoisotopic (exact) mass is 409 g/mol. The van der Waals surface area contributed by atoms with Crippen molar-refractivity contribution < 1.29 is 9.47 Å². The molecular formula is C21H27N7O2. The Kier molecular flexibility index (Phi) is 4.04. The van der Waals surface area contributed by atoms with E-state index in [0.29, 0.717) is 25.3 Å². The number of anilines is 2. The number of hydrogen-bond acceptors (Lipinski definition) is 7. The zero-order chi connectivity index (χ0) is 20.3. The third-order valence-electron chi connectivity index (χ3n) is 6.66. The Morgan fingerprint density at radius 1 is 1.17 bits per heavy atom. The molecule has 0 radical (unpaired) electrons. The molecule has 158 valence electrons. The Morgan fingerprint density at radius 2 is 2.00 bits per heavy atom. The van der Waals surface area contributed by atoms with Gasteiger partial charge in [-0.25, -0.2) is 4.98 Å². The summed E-state index contributed by atoms with van der Waals surface area (Å²) in [5.41, 5.74) is 2.60. The molecule has 0 aliphatic carbocycles. The molecule has 0 spiro atoms. The summed E-state index contributed by atoms with van der Waals surface area (Å²) < 4.78 is 13.6. The minimum absolute atomic E-state index is 0.131. The van der Waals surface area contributed by atoms with Crippen molar-refractivity contribution in [2.24, 2.45) is 0 Å². The van der Waals surface area contributed by atoms with Crippen molar-refractivity contribution in [2.45, 2.75) is 44.3 Å². The van der Waals surface area contributed by atoms with Crippen LogP contribution >= 0.6 is 0 Å². The molecule has 6 rings (SSSR count). The number of aromatic nitrogens is 5. The first-order chi connectivity index (χ1) is 14.6. The first-order valence-electron chi connectivity index (χ1n) is 10.7. The van der Waals surface area contributed by atoms with Gasteiger partial charge < -0.3 is 19.3 Å². The Balaban J connectivity index is 1.55. The largest absolute Gasteiger partial charge is 0.377 e. The van der Waals surface area contributed by atoms with Gasteiger partial charge in [0.25, 0.3) is 0 Å². The van der Waals surface area contributed by atoms with E-state index in [2.05, 4.69) is 39.9 Å². The number of rotatable bonds is 3. The fourth-order valence-electron chi connectivity index (χ4n) is 5.14. The minimum atomic E-state index is -0.131. The summed E-state index contributed by atoms with van der Waals surface area (Å²) in [5.74, 6) is 2.07. The summed E-state index contributed by atoms with van der Waals surface area (Å²) in [5, 5.41) is 11.9. The maximum atomic E-state index is 5.82. The number of ether oxygens (including phenoxy) is 2. The normalized spacial score (nSPS) is 25.9. The average Bonchev–Trinajstić information content (AvgIpc) is 3.45. The van der Waals surface area contributed by atoms with Gasteiger partial charge in [-0.1, -0.05) is 0 Å². The van der Waals surface area contributed by atoms with Crippen molar-refractivity contribution >= 4 is 17.3 Å². The van der Waals surface area contributed by atoms with E-state index in [0.717, 1.165) is 61.1 Å². The lowest BCUT2D eigenvalue weighted by atomic mass is 10.0. The highest BCUT2D eigenvalue weighted by Crippen LogP contribution is 2.37. The predicted molar refractivity (Wildman–Crippen MR) is 113 cm³/mol. The molecule has 0 aromatic carbocycles. The summed E-state index contributed by atoms with van der Waals surface area (Å²) in [6.45, 7) is 8.19. The van der Waals surface area contributed by atoms with E-state index in [1.54, 1.807) is 6.20 Å². The van der Waals surface area contributed by atoms with Crippen LogP contribution in [0.4, 0.5) is 11.6 Å². The van der Waals surface area contributed by atoms with Crippen LogP contribution in [0.15, 0.2) is 24.5 Å². The molecule has 2 bridgehead atoms. The molecule has 2 unspecified atom stereocenters. The van der Waals surface area contributed by atoms with E-state index in [4.69, 9.17) is 19.6 Å². The molecule has 3 saturated heterocycles. The van der Waals surface area contributed by atoms with Gasteiger partial charge in [-0.05, 0) is 32.8 Å². The van der Waals surface area contributed by atoms with Crippen LogP contribution in [0.3, 0.4) is 0 Å². The lowest BCUT2D eigenvalue weighted by molar-refractivity contribution is 0.0636. The van der Waals surface area contributed by atoms with Gasteiger partial charge in [-0.2, -0.15) is 14.7 Å². The van der Waals surface area contributed by atoms with Crippen LogP contribution in [0.2, 0.25) is 0 Å². The zero-order valence-corrected chi connectivity index (χ0v) is 17.4. The second-order valence-corrected chi connectivity index (χ2v) is 9.08. The summed E-state index contributed by atoms with van der Waals surface area (Å²) >= 11 is 0. The van der Waals surface area contributed by atoms with Crippen molar-refractivity contribution in [3.63, 3.8) is 0 Å². The summed E-state index contributed by atoms with van der Waals surface area (Å²) in [6, 6.07) is 4.95. The van der Waals surface area contributed by atoms with Crippen LogP contribution in [-0.2, 0) is 9.47 Å². The van der Waals surface area contributed by atoms with Crippen LogP contribution in [0.1, 0.15) is 26.7 Å². The number of nitrogens with one attached hydrogen (secondary N) is 1. The van der Waals surface area contributed by atoms with Crippen LogP contribution in [-0.4, -0.2) is 75.4 Å². The van der Waals surface area contributed by atoms with Crippen LogP contribution in [0.25, 0.3) is 16.9 Å². The van der Waals surface area contributed by atoms with Crippen molar-refractivity contribution in [1.29, 1.82) is 0 Å². The molecule has 3 aliphatic rings. The molecule has 0 saturated carbocycles. The lowest BCUT2D eigenvalue weighted by Gasteiger charge is -2.44. The smallest absolute Gasteiger partial charge is 0.169 e. The lowest BCUT2D eigenvalue weighted by Crippen LogP contribution is -2.54. The van der Waals surface area contributed by atoms with Crippen molar-refractivity contribution in [1.82, 2.24) is 24.8 Å². The van der Waals surface area contributed by atoms with Gasteiger partial charge in [0.1, 0.15) is 11.6 Å². The van der Waals surface area contributed by atoms with E-state index in [9.17, 15) is 0 Å². The zero-order valence-electron chi connectivity index (χ0n) is 17.4. The van der Waals surface area contributed by atoms with Gasteiger partial charge in [0.2, 0.25) is 0 Å². The molecule has 3 aromatic rings. The fraction of sp³-hybridized carbons (Fsp3) is 0.571. The quantitative estimate of drug-likeness (QED) is 0.709. The third-order valence-corrected chi connectivity index (χ3v) is 6.66. The van der Waals surface area contributed by atoms with E-state index < -0.39 is 0 Å². The molecule has 2 atom stereocenters. The summed E-state index contributed by atoms with van der Waals surface area (Å²) in [7, 11) is 0. The molecular weight excluding hydrogens is 382 g/mol. The van der Waals surface area contributed by atoms with Crippen molar-refractivity contribution in [2.75, 3.05) is 42.8 Å². The van der Waals surface area contributed by atoms with Gasteiger partial charge >= 0.3 is 0 Å². The number of aromatic amines is 1. The van der Waals surface area contributed by atoms with Crippen LogP contribution < -0.4 is 9.80 Å². The molecule has 30 heavy (non-hydrogen) atoms. The summed E-state index contributed by atoms with van der Waals surface area (Å²) in [4.78, 5) is 10.0. The molecule has 0 amide bonds. The number of hydrogen-bond donors (Lipinski definition) is 1. The molecule has 3 aromatic heterocycles. The van der Waals surface area contributed by atoms with E-state index in [-0.39, 0.29) is 5.54 Å². The molecule has 6 heterocycles. The van der Waals surface area contributed by atoms with Gasteiger partial charge in [0.05, 0.1) is 61.5 Å². The third kappa shape index (κ3) is 2.72. The highest BCUT2D eigenvalue weighted by Gasteiger charge is 2.40. The number of nitrogens with zero attached hydrogens (tertiary/aromatic N) is 6. The second kappa shape index (κ2) is 6.68. The SMILES string of the molecule is CC1(C)COCCN1c1cc(N2C3CCC2COC3)nc2c(-c3ccn[nH]3)cnn12. The molecule has 1 N–H and O–H groups in total. The maximum Gasteiger partial charge on any atom is 0.169 e. The topological polar surface area (TPSA) is 83.8 Å². The first-order valence-corrected chi connectivity index (χ1v) is 10.7. The minimum Gasteiger partial charge on any atom is -0.377 e. The Hall–Kier alpha value is -2.65. The molecule has 3 fully saturated rings. The number of morpholine rings is 2. The number of H-pyrrole nitrogens is 1. The molecule has 3 aliphatic heterocycles. The Morgan fingerprint density at radius 3 is 2.73 bits per heavy atom. The molecule has 9 nitrogen and oxygen atoms in total. The highest BCUT2D eigenvalue weighted by molar-refractivity contribution is 5.77. The van der Waals surface area contributed by atoms with E-state index in [1.807, 2.05) is 16.8 Å². The number of fused-ring (bicyclic) bond motifs is 3. The van der Waals surface area contributed by atoms with E-state index >= 15 is 0 Å². The van der Waals surface area contributed by atoms with Gasteiger partial charge in [0, 0.05) is 18.8 Å². The Bertz CT molecular complexity index is 1040. The fourth-order valence-corrected chi connectivity index (χ4v) is 5.14. The van der Waals surface area contributed by atoms with Crippen molar-refractivity contribution in [3.05, 3.63) is 24.5 Å². The highest BCUT2D eigenvalue weighted by atomic mass is 16.5. The van der Waals surface area contributed by atoms with Crippen LogP contribution in [0, 0.1) is 0 Å². The maximum absolute atomic E-state index is 5.82. The average molecular weight is 409 g/mol. The predicted octanol–water partition coefficient (Wildman–Crippen LogP) is 2.10.